The predicted octanol–water partition coefficient (Wildman–Crippen LogP) is 0.338. The third-order valence-corrected chi connectivity index (χ3v) is 4.16. The van der Waals surface area contributed by atoms with Crippen molar-refractivity contribution in [3.8, 4) is 0 Å². The van der Waals surface area contributed by atoms with Crippen LogP contribution in [-0.4, -0.2) is 51.5 Å². The monoisotopic (exact) mass is 236 g/mol. The first kappa shape index (κ1) is 14.9. The summed E-state index contributed by atoms with van der Waals surface area (Å²) in [5.41, 5.74) is 5.66. The summed E-state index contributed by atoms with van der Waals surface area (Å²) in [7, 11) is -0.917. The lowest BCUT2D eigenvalue weighted by Crippen LogP contribution is -2.38. The smallest absolute Gasteiger partial charge is 0.151 e. The van der Waals surface area contributed by atoms with Crippen LogP contribution in [0.25, 0.3) is 0 Å². The summed E-state index contributed by atoms with van der Waals surface area (Å²) in [6.07, 6.45) is 0. The number of hydrogen-bond donors (Lipinski definition) is 1. The van der Waals surface area contributed by atoms with Crippen molar-refractivity contribution in [2.24, 2.45) is 11.1 Å². The van der Waals surface area contributed by atoms with Crippen LogP contribution in [-0.2, 0) is 9.84 Å². The van der Waals surface area contributed by atoms with Gasteiger partial charge >= 0.3 is 0 Å². The van der Waals surface area contributed by atoms with E-state index in [1.165, 1.54) is 0 Å². The Balaban J connectivity index is 4.01. The predicted molar refractivity (Wildman–Crippen MR) is 64.7 cm³/mol. The van der Waals surface area contributed by atoms with Crippen molar-refractivity contribution in [2.75, 3.05) is 38.2 Å². The first-order chi connectivity index (χ1) is 6.72. The average molecular weight is 236 g/mol. The summed E-state index contributed by atoms with van der Waals surface area (Å²) in [5.74, 6) is 0.460. The van der Waals surface area contributed by atoms with Gasteiger partial charge in [0.15, 0.2) is 9.84 Å². The van der Waals surface area contributed by atoms with Crippen molar-refractivity contribution < 1.29 is 8.42 Å². The van der Waals surface area contributed by atoms with Gasteiger partial charge in [-0.15, -0.1) is 0 Å². The Labute approximate surface area is 93.7 Å². The topological polar surface area (TPSA) is 63.4 Å². The van der Waals surface area contributed by atoms with Gasteiger partial charge in [-0.1, -0.05) is 20.8 Å². The minimum atomic E-state index is -2.85. The van der Waals surface area contributed by atoms with Crippen LogP contribution in [0.3, 0.4) is 0 Å². The third-order valence-electron chi connectivity index (χ3n) is 2.47. The molecule has 4 nitrogen and oxygen atoms in total. The molecule has 0 saturated heterocycles. The zero-order valence-electron chi connectivity index (χ0n) is 10.3. The van der Waals surface area contributed by atoms with E-state index in [2.05, 4.69) is 13.8 Å². The van der Waals surface area contributed by atoms with E-state index in [0.717, 1.165) is 6.54 Å². The van der Waals surface area contributed by atoms with E-state index in [4.69, 9.17) is 5.73 Å². The van der Waals surface area contributed by atoms with Crippen LogP contribution >= 0.6 is 0 Å². The van der Waals surface area contributed by atoms with E-state index in [0.29, 0.717) is 13.1 Å². The molecule has 0 radical (unpaired) electrons. The summed E-state index contributed by atoms with van der Waals surface area (Å²) < 4.78 is 22.6. The number of sulfone groups is 1. The quantitative estimate of drug-likeness (QED) is 0.692. The molecule has 15 heavy (non-hydrogen) atoms. The Morgan fingerprint density at radius 3 is 2.27 bits per heavy atom. The molecule has 0 aliphatic carbocycles. The molecular formula is C10H24N2O2S. The van der Waals surface area contributed by atoms with Crippen molar-refractivity contribution in [1.82, 2.24) is 4.90 Å². The molecule has 92 valence electrons. The lowest BCUT2D eigenvalue weighted by molar-refractivity contribution is 0.224. The molecular weight excluding hydrogens is 212 g/mol. The minimum absolute atomic E-state index is 0.0464. The molecule has 0 aromatic rings. The second-order valence-corrected chi connectivity index (χ2v) is 7.32. The van der Waals surface area contributed by atoms with Crippen LogP contribution < -0.4 is 5.73 Å². The molecule has 0 spiro atoms. The Morgan fingerprint density at radius 2 is 1.87 bits per heavy atom. The molecule has 0 saturated carbocycles. The second-order valence-electron chi connectivity index (χ2n) is 4.84. The van der Waals surface area contributed by atoms with Crippen LogP contribution in [0, 0.1) is 5.41 Å². The van der Waals surface area contributed by atoms with Gasteiger partial charge in [0.1, 0.15) is 0 Å². The summed E-state index contributed by atoms with van der Waals surface area (Å²) in [6.45, 7) is 7.86. The maximum Gasteiger partial charge on any atom is 0.151 e. The highest BCUT2D eigenvalue weighted by Gasteiger charge is 2.19. The van der Waals surface area contributed by atoms with Gasteiger partial charge in [0.05, 0.1) is 5.75 Å². The first-order valence-corrected chi connectivity index (χ1v) is 7.13. The Bertz CT molecular complexity index is 273. The van der Waals surface area contributed by atoms with Gasteiger partial charge in [-0.3, -0.25) is 0 Å². The van der Waals surface area contributed by atoms with E-state index in [1.54, 1.807) is 6.92 Å². The van der Waals surface area contributed by atoms with Crippen LogP contribution in [0.5, 0.6) is 0 Å². The third kappa shape index (κ3) is 6.87. The zero-order valence-corrected chi connectivity index (χ0v) is 11.1. The standard InChI is InChI=1S/C10H24N2O2S/c1-5-15(13,14)7-6-12(4)9-10(2,3)8-11/h5-9,11H2,1-4H3. The number of hydrogen-bond acceptors (Lipinski definition) is 4. The highest BCUT2D eigenvalue weighted by atomic mass is 32.2. The molecule has 0 amide bonds. The number of nitrogens with two attached hydrogens (primary N) is 1. The van der Waals surface area contributed by atoms with Gasteiger partial charge in [0, 0.05) is 18.8 Å². The van der Waals surface area contributed by atoms with Crippen molar-refractivity contribution in [1.29, 1.82) is 0 Å². The molecule has 2 N–H and O–H groups in total. The molecule has 0 aromatic heterocycles. The Morgan fingerprint density at radius 1 is 1.33 bits per heavy atom. The lowest BCUT2D eigenvalue weighted by Gasteiger charge is -2.28. The van der Waals surface area contributed by atoms with Gasteiger partial charge < -0.3 is 10.6 Å². The van der Waals surface area contributed by atoms with Gasteiger partial charge in [0.25, 0.3) is 0 Å². The van der Waals surface area contributed by atoms with Crippen molar-refractivity contribution >= 4 is 9.84 Å². The molecule has 0 bridgehead atoms. The maximum absolute atomic E-state index is 11.3. The zero-order chi connectivity index (χ0) is 12.1. The molecule has 0 heterocycles. The normalized spacial score (nSPS) is 13.5. The molecule has 0 aliphatic rings. The molecule has 5 heteroatoms. The number of rotatable bonds is 7. The molecule has 0 aliphatic heterocycles. The average Bonchev–Trinajstić information content (AvgIpc) is 2.15. The van der Waals surface area contributed by atoms with Crippen LogP contribution in [0.15, 0.2) is 0 Å². The summed E-state index contributed by atoms with van der Waals surface area (Å²) >= 11 is 0. The molecule has 0 aromatic carbocycles. The molecule has 0 rings (SSSR count). The highest BCUT2D eigenvalue weighted by Crippen LogP contribution is 2.13. The largest absolute Gasteiger partial charge is 0.330 e. The van der Waals surface area contributed by atoms with E-state index in [1.807, 2.05) is 11.9 Å². The molecule has 0 atom stereocenters. The van der Waals surface area contributed by atoms with E-state index in [9.17, 15) is 8.42 Å². The summed E-state index contributed by atoms with van der Waals surface area (Å²) in [6, 6.07) is 0. The van der Waals surface area contributed by atoms with Crippen molar-refractivity contribution in [2.45, 2.75) is 20.8 Å². The van der Waals surface area contributed by atoms with Gasteiger partial charge in [0.2, 0.25) is 0 Å². The summed E-state index contributed by atoms with van der Waals surface area (Å²) in [4.78, 5) is 2.03. The van der Waals surface area contributed by atoms with Crippen LogP contribution in [0.1, 0.15) is 20.8 Å². The first-order valence-electron chi connectivity index (χ1n) is 5.31. The summed E-state index contributed by atoms with van der Waals surface area (Å²) in [5, 5.41) is 0. The molecule has 0 fully saturated rings. The number of nitrogens with zero attached hydrogens (tertiary/aromatic N) is 1. The minimum Gasteiger partial charge on any atom is -0.330 e. The van der Waals surface area contributed by atoms with Crippen molar-refractivity contribution in [3.63, 3.8) is 0 Å². The van der Waals surface area contributed by atoms with Crippen molar-refractivity contribution in [3.05, 3.63) is 0 Å². The van der Waals surface area contributed by atoms with E-state index < -0.39 is 9.84 Å². The fourth-order valence-electron chi connectivity index (χ4n) is 1.31. The van der Waals surface area contributed by atoms with E-state index >= 15 is 0 Å². The lowest BCUT2D eigenvalue weighted by atomic mass is 9.93. The van der Waals surface area contributed by atoms with Gasteiger partial charge in [-0.2, -0.15) is 0 Å². The van der Waals surface area contributed by atoms with Crippen LogP contribution in [0.4, 0.5) is 0 Å². The second kappa shape index (κ2) is 5.82. The SMILES string of the molecule is CCS(=O)(=O)CCN(C)CC(C)(C)CN. The fourth-order valence-corrected chi connectivity index (χ4v) is 2.19. The van der Waals surface area contributed by atoms with Gasteiger partial charge in [-0.25, -0.2) is 8.42 Å². The van der Waals surface area contributed by atoms with Gasteiger partial charge in [-0.05, 0) is 19.0 Å². The highest BCUT2D eigenvalue weighted by molar-refractivity contribution is 7.91. The Hall–Kier alpha value is -0.130. The van der Waals surface area contributed by atoms with Crippen LogP contribution in [0.2, 0.25) is 0 Å². The Kier molecular flexibility index (Phi) is 5.77. The van der Waals surface area contributed by atoms with E-state index in [-0.39, 0.29) is 16.9 Å². The maximum atomic E-state index is 11.3. The molecule has 0 unspecified atom stereocenters. The fraction of sp³-hybridized carbons (Fsp3) is 1.00.